The molecule has 1 aromatic rings. The predicted molar refractivity (Wildman–Crippen MR) is 63.7 cm³/mol. The lowest BCUT2D eigenvalue weighted by Crippen LogP contribution is -2.03. The number of allylic oxidation sites excluding steroid dienone is 4. The summed E-state index contributed by atoms with van der Waals surface area (Å²) < 4.78 is 0. The normalized spacial score (nSPS) is 32.9. The molecule has 0 spiro atoms. The molecular formula is C15H16. The zero-order valence-electron chi connectivity index (χ0n) is 8.84. The summed E-state index contributed by atoms with van der Waals surface area (Å²) in [5.74, 6) is 2.36. The fraction of sp³-hybridized carbons (Fsp3) is 0.333. The molecule has 3 rings (SSSR count). The Balaban J connectivity index is 1.82. The van der Waals surface area contributed by atoms with Crippen molar-refractivity contribution in [3.8, 4) is 0 Å². The molecule has 2 aliphatic rings. The molecule has 0 amide bonds. The number of fused-ring (bicyclic) bond motifs is 1. The minimum absolute atomic E-state index is 0.772. The van der Waals surface area contributed by atoms with Crippen molar-refractivity contribution in [1.29, 1.82) is 0 Å². The van der Waals surface area contributed by atoms with Crippen LogP contribution in [0.2, 0.25) is 0 Å². The van der Waals surface area contributed by atoms with Crippen LogP contribution in [0.1, 0.15) is 24.3 Å². The summed E-state index contributed by atoms with van der Waals surface area (Å²) in [6, 6.07) is 11.0. The van der Waals surface area contributed by atoms with Crippen LogP contribution in [0.25, 0.3) is 0 Å². The van der Waals surface area contributed by atoms with Gasteiger partial charge in [0.15, 0.2) is 0 Å². The fourth-order valence-corrected chi connectivity index (χ4v) is 2.96. The van der Waals surface area contributed by atoms with Gasteiger partial charge in [0.2, 0.25) is 0 Å². The van der Waals surface area contributed by atoms with E-state index in [-0.39, 0.29) is 0 Å². The van der Waals surface area contributed by atoms with E-state index in [1.807, 2.05) is 0 Å². The Morgan fingerprint density at radius 2 is 1.40 bits per heavy atom. The molecule has 15 heavy (non-hydrogen) atoms. The maximum absolute atomic E-state index is 2.38. The van der Waals surface area contributed by atoms with Crippen molar-refractivity contribution in [3.05, 3.63) is 60.2 Å². The van der Waals surface area contributed by atoms with Crippen molar-refractivity contribution in [2.75, 3.05) is 0 Å². The minimum Gasteiger partial charge on any atom is -0.0808 e. The van der Waals surface area contributed by atoms with E-state index in [4.69, 9.17) is 0 Å². The van der Waals surface area contributed by atoms with Gasteiger partial charge in [-0.25, -0.2) is 0 Å². The van der Waals surface area contributed by atoms with Crippen molar-refractivity contribution in [2.24, 2.45) is 11.8 Å². The molecule has 76 valence electrons. The predicted octanol–water partition coefficient (Wildman–Crippen LogP) is 3.92. The Hall–Kier alpha value is -1.30. The van der Waals surface area contributed by atoms with Crippen molar-refractivity contribution in [2.45, 2.75) is 18.8 Å². The van der Waals surface area contributed by atoms with Crippen LogP contribution in [0, 0.1) is 11.8 Å². The highest BCUT2D eigenvalue weighted by atomic mass is 14.4. The smallest absolute Gasteiger partial charge is 0.0150 e. The van der Waals surface area contributed by atoms with Gasteiger partial charge < -0.3 is 0 Å². The Morgan fingerprint density at radius 3 is 2.00 bits per heavy atom. The highest BCUT2D eigenvalue weighted by Crippen LogP contribution is 2.44. The van der Waals surface area contributed by atoms with Crippen LogP contribution in [0.3, 0.4) is 0 Å². The molecule has 1 fully saturated rings. The van der Waals surface area contributed by atoms with Gasteiger partial charge in [-0.1, -0.05) is 54.6 Å². The lowest BCUT2D eigenvalue weighted by atomic mass is 9.92. The quantitative estimate of drug-likeness (QED) is 0.638. The van der Waals surface area contributed by atoms with E-state index in [0.717, 1.165) is 17.8 Å². The Morgan fingerprint density at radius 1 is 0.800 bits per heavy atom. The number of benzene rings is 1. The van der Waals surface area contributed by atoms with E-state index in [9.17, 15) is 0 Å². The molecule has 0 radical (unpaired) electrons. The lowest BCUT2D eigenvalue weighted by molar-refractivity contribution is 0.552. The monoisotopic (exact) mass is 196 g/mol. The molecule has 0 bridgehead atoms. The maximum atomic E-state index is 2.38. The largest absolute Gasteiger partial charge is 0.0808 e. The molecule has 0 heterocycles. The highest BCUT2D eigenvalue weighted by molar-refractivity contribution is 5.25. The first kappa shape index (κ1) is 8.96. The van der Waals surface area contributed by atoms with Crippen LogP contribution >= 0.6 is 0 Å². The maximum Gasteiger partial charge on any atom is -0.0150 e. The molecule has 2 aliphatic carbocycles. The second kappa shape index (κ2) is 3.69. The van der Waals surface area contributed by atoms with E-state index in [1.54, 1.807) is 0 Å². The Bertz CT molecular complexity index is 366. The standard InChI is InChI=1S/C15H16/c1-2-6-12(7-3-1)15-10-13-8-4-5-9-14(13)11-15/h1-9,13-15H,10-11H2. The second-order valence-electron chi connectivity index (χ2n) is 4.68. The van der Waals surface area contributed by atoms with Crippen molar-refractivity contribution >= 4 is 0 Å². The van der Waals surface area contributed by atoms with E-state index in [0.29, 0.717) is 0 Å². The van der Waals surface area contributed by atoms with Crippen molar-refractivity contribution in [3.63, 3.8) is 0 Å². The molecule has 2 unspecified atom stereocenters. The molecule has 0 nitrogen and oxygen atoms in total. The summed E-state index contributed by atoms with van der Waals surface area (Å²) >= 11 is 0. The van der Waals surface area contributed by atoms with Gasteiger partial charge in [0.1, 0.15) is 0 Å². The Kier molecular flexibility index (Phi) is 2.21. The molecule has 0 saturated heterocycles. The summed E-state index contributed by atoms with van der Waals surface area (Å²) in [5, 5.41) is 0. The first-order valence-electron chi connectivity index (χ1n) is 5.83. The summed E-state index contributed by atoms with van der Waals surface area (Å²) in [6.45, 7) is 0. The second-order valence-corrected chi connectivity index (χ2v) is 4.68. The molecule has 0 heteroatoms. The van der Waals surface area contributed by atoms with Gasteiger partial charge in [0, 0.05) is 0 Å². The summed E-state index contributed by atoms with van der Waals surface area (Å²) in [4.78, 5) is 0. The van der Waals surface area contributed by atoms with Crippen LogP contribution in [-0.2, 0) is 0 Å². The first-order chi connectivity index (χ1) is 7.43. The molecule has 1 aromatic carbocycles. The van der Waals surface area contributed by atoms with Gasteiger partial charge in [0.25, 0.3) is 0 Å². The topological polar surface area (TPSA) is 0 Å². The van der Waals surface area contributed by atoms with Crippen LogP contribution in [0.15, 0.2) is 54.6 Å². The van der Waals surface area contributed by atoms with Gasteiger partial charge >= 0.3 is 0 Å². The molecule has 0 aromatic heterocycles. The van der Waals surface area contributed by atoms with Crippen LogP contribution in [-0.4, -0.2) is 0 Å². The van der Waals surface area contributed by atoms with Crippen LogP contribution in [0.5, 0.6) is 0 Å². The number of hydrogen-bond donors (Lipinski definition) is 0. The zero-order valence-corrected chi connectivity index (χ0v) is 8.84. The number of hydrogen-bond acceptors (Lipinski definition) is 0. The zero-order chi connectivity index (χ0) is 10.1. The van der Waals surface area contributed by atoms with Gasteiger partial charge in [-0.2, -0.15) is 0 Å². The van der Waals surface area contributed by atoms with E-state index in [2.05, 4.69) is 54.6 Å². The molecule has 0 aliphatic heterocycles. The lowest BCUT2D eigenvalue weighted by Gasteiger charge is -2.13. The third-order valence-corrected chi connectivity index (χ3v) is 3.76. The molecular weight excluding hydrogens is 180 g/mol. The van der Waals surface area contributed by atoms with Crippen LogP contribution < -0.4 is 0 Å². The highest BCUT2D eigenvalue weighted by Gasteiger charge is 2.32. The number of rotatable bonds is 1. The first-order valence-corrected chi connectivity index (χ1v) is 5.83. The third-order valence-electron chi connectivity index (χ3n) is 3.76. The minimum atomic E-state index is 0.772. The summed E-state index contributed by atoms with van der Waals surface area (Å²) in [6.07, 6.45) is 11.8. The summed E-state index contributed by atoms with van der Waals surface area (Å²) in [7, 11) is 0. The fourth-order valence-electron chi connectivity index (χ4n) is 2.96. The van der Waals surface area contributed by atoms with Crippen molar-refractivity contribution < 1.29 is 0 Å². The SMILES string of the molecule is C1=CC2CC(c3ccccc3)CC2C=C1. The molecule has 0 N–H and O–H groups in total. The Labute approximate surface area is 91.3 Å². The average molecular weight is 196 g/mol. The van der Waals surface area contributed by atoms with Gasteiger partial charge in [-0.3, -0.25) is 0 Å². The van der Waals surface area contributed by atoms with Gasteiger partial charge in [-0.05, 0) is 36.2 Å². The van der Waals surface area contributed by atoms with Crippen LogP contribution in [0.4, 0.5) is 0 Å². The van der Waals surface area contributed by atoms with Gasteiger partial charge in [-0.15, -0.1) is 0 Å². The van der Waals surface area contributed by atoms with Gasteiger partial charge in [0.05, 0.1) is 0 Å². The van der Waals surface area contributed by atoms with E-state index < -0.39 is 0 Å². The average Bonchev–Trinajstić information content (AvgIpc) is 2.74. The molecule has 2 atom stereocenters. The van der Waals surface area contributed by atoms with Crippen molar-refractivity contribution in [1.82, 2.24) is 0 Å². The third kappa shape index (κ3) is 1.65. The van der Waals surface area contributed by atoms with E-state index >= 15 is 0 Å². The summed E-state index contributed by atoms with van der Waals surface area (Å²) in [5.41, 5.74) is 1.52. The van der Waals surface area contributed by atoms with E-state index in [1.165, 1.54) is 18.4 Å². The molecule has 1 saturated carbocycles.